The lowest BCUT2D eigenvalue weighted by Crippen LogP contribution is -2.54. The van der Waals surface area contributed by atoms with Crippen LogP contribution in [0.5, 0.6) is 0 Å². The first-order valence-corrected chi connectivity index (χ1v) is 10.7. The molecule has 0 aliphatic rings. The fraction of sp³-hybridized carbons (Fsp3) is 0.458. The summed E-state index contributed by atoms with van der Waals surface area (Å²) < 4.78 is 17.5. The fourth-order valence-corrected chi connectivity index (χ4v) is 3.09. The molecule has 0 heterocycles. The molecule has 0 radical (unpaired) electrons. The van der Waals surface area contributed by atoms with Crippen molar-refractivity contribution < 1.29 is 24.1 Å². The fourth-order valence-electron chi connectivity index (χ4n) is 3.09. The molecule has 1 amide bonds. The Morgan fingerprint density at radius 3 is 2.06 bits per heavy atom. The van der Waals surface area contributed by atoms with Crippen molar-refractivity contribution in [2.45, 2.75) is 57.8 Å². The van der Waals surface area contributed by atoms with E-state index in [4.69, 9.17) is 19.7 Å². The highest BCUT2D eigenvalue weighted by Gasteiger charge is 2.33. The van der Waals surface area contributed by atoms with Crippen molar-refractivity contribution >= 4 is 6.09 Å². The molecule has 0 unspecified atom stereocenters. The minimum Gasteiger partial charge on any atom is -0.444 e. The Morgan fingerprint density at radius 1 is 1.03 bits per heavy atom. The van der Waals surface area contributed by atoms with Gasteiger partial charge < -0.3 is 24.6 Å². The average Bonchev–Trinajstić information content (AvgIpc) is 2.79. The van der Waals surface area contributed by atoms with Gasteiger partial charge in [-0.2, -0.15) is 0 Å². The maximum Gasteiger partial charge on any atom is 0.408 e. The number of hydrogen-bond acceptors (Lipinski definition) is 6. The number of azide groups is 1. The minimum atomic E-state index is -0.863. The van der Waals surface area contributed by atoms with E-state index in [1.54, 1.807) is 20.8 Å². The Kier molecular flexibility index (Phi) is 10.7. The van der Waals surface area contributed by atoms with E-state index >= 15 is 0 Å². The molecule has 0 spiro atoms. The Morgan fingerprint density at radius 2 is 1.58 bits per heavy atom. The third-order valence-electron chi connectivity index (χ3n) is 4.58. The third kappa shape index (κ3) is 9.93. The molecule has 178 valence electrons. The lowest BCUT2D eigenvalue weighted by Gasteiger charge is -2.33. The minimum absolute atomic E-state index is 0.0463. The molecule has 0 saturated heterocycles. The summed E-state index contributed by atoms with van der Waals surface area (Å²) >= 11 is 0. The van der Waals surface area contributed by atoms with Crippen molar-refractivity contribution in [2.75, 3.05) is 13.2 Å². The van der Waals surface area contributed by atoms with Gasteiger partial charge >= 0.3 is 6.09 Å². The zero-order valence-corrected chi connectivity index (χ0v) is 19.3. The number of aliphatic hydroxyl groups is 1. The molecule has 0 aliphatic carbocycles. The van der Waals surface area contributed by atoms with E-state index in [1.165, 1.54) is 0 Å². The van der Waals surface area contributed by atoms with E-state index < -0.39 is 36.6 Å². The molecule has 9 nitrogen and oxygen atoms in total. The Balaban J connectivity index is 2.24. The quantitative estimate of drug-likeness (QED) is 0.279. The number of nitrogens with zero attached hydrogens (tertiary/aromatic N) is 3. The van der Waals surface area contributed by atoms with Gasteiger partial charge in [-0.25, -0.2) is 4.79 Å². The zero-order chi connectivity index (χ0) is 24.1. The molecule has 2 N–H and O–H groups in total. The number of carbonyl (C=O) groups excluding carboxylic acids is 1. The molecule has 0 aliphatic heterocycles. The molecule has 33 heavy (non-hydrogen) atoms. The average molecular weight is 457 g/mol. The summed E-state index contributed by atoms with van der Waals surface area (Å²) in [5.41, 5.74) is 10.00. The van der Waals surface area contributed by atoms with Gasteiger partial charge in [0, 0.05) is 4.91 Å². The summed E-state index contributed by atoms with van der Waals surface area (Å²) in [7, 11) is 0. The lowest BCUT2D eigenvalue weighted by molar-refractivity contribution is -0.101. The topological polar surface area (TPSA) is 126 Å². The molecule has 0 aromatic heterocycles. The van der Waals surface area contributed by atoms with E-state index in [2.05, 4.69) is 15.3 Å². The first-order valence-electron chi connectivity index (χ1n) is 10.7. The summed E-state index contributed by atoms with van der Waals surface area (Å²) in [5, 5.41) is 16.4. The van der Waals surface area contributed by atoms with Gasteiger partial charge in [0.25, 0.3) is 0 Å². The predicted octanol–water partition coefficient (Wildman–Crippen LogP) is 4.35. The van der Waals surface area contributed by atoms with Crippen LogP contribution in [0.4, 0.5) is 4.79 Å². The number of hydrogen-bond donors (Lipinski definition) is 2. The Bertz CT molecular complexity index is 883. The van der Waals surface area contributed by atoms with Crippen LogP contribution in [0.15, 0.2) is 65.8 Å². The SMILES string of the molecule is CC(C)(C)OC(=O)N[C@@H](CO)[C@H](OCc1ccccc1)[C@H](CN=[N+]=[N-])OCc1ccccc1. The van der Waals surface area contributed by atoms with Crippen molar-refractivity contribution in [3.8, 4) is 0 Å². The van der Waals surface area contributed by atoms with E-state index in [0.717, 1.165) is 11.1 Å². The molecular formula is C24H32N4O5. The van der Waals surface area contributed by atoms with Crippen LogP contribution in [-0.2, 0) is 27.4 Å². The summed E-state index contributed by atoms with van der Waals surface area (Å²) in [6, 6.07) is 18.1. The maximum absolute atomic E-state index is 12.4. The first-order chi connectivity index (χ1) is 15.8. The molecule has 0 fully saturated rings. The monoisotopic (exact) mass is 456 g/mol. The predicted molar refractivity (Wildman–Crippen MR) is 124 cm³/mol. The molecule has 0 saturated carbocycles. The van der Waals surface area contributed by atoms with Gasteiger partial charge in [-0.05, 0) is 37.4 Å². The Hall–Kier alpha value is -3.10. The lowest BCUT2D eigenvalue weighted by atomic mass is 10.1. The second kappa shape index (κ2) is 13.4. The number of amides is 1. The zero-order valence-electron chi connectivity index (χ0n) is 19.3. The van der Waals surface area contributed by atoms with E-state index in [-0.39, 0.29) is 19.8 Å². The van der Waals surface area contributed by atoms with Crippen LogP contribution in [-0.4, -0.2) is 48.2 Å². The summed E-state index contributed by atoms with van der Waals surface area (Å²) in [5.74, 6) is 0. The molecule has 2 aromatic carbocycles. The normalized spacial score (nSPS) is 13.9. The smallest absolute Gasteiger partial charge is 0.408 e. The molecule has 3 atom stereocenters. The highest BCUT2D eigenvalue weighted by atomic mass is 16.6. The van der Waals surface area contributed by atoms with Gasteiger partial charge in [-0.15, -0.1) is 0 Å². The van der Waals surface area contributed by atoms with Gasteiger partial charge in [0.2, 0.25) is 0 Å². The van der Waals surface area contributed by atoms with Crippen LogP contribution in [0.3, 0.4) is 0 Å². The van der Waals surface area contributed by atoms with Crippen molar-refractivity contribution in [3.05, 3.63) is 82.2 Å². The number of benzene rings is 2. The van der Waals surface area contributed by atoms with Crippen LogP contribution < -0.4 is 5.32 Å². The van der Waals surface area contributed by atoms with Crippen molar-refractivity contribution in [3.63, 3.8) is 0 Å². The van der Waals surface area contributed by atoms with Crippen LogP contribution in [0.2, 0.25) is 0 Å². The van der Waals surface area contributed by atoms with E-state index in [9.17, 15) is 9.90 Å². The second-order valence-corrected chi connectivity index (χ2v) is 8.45. The number of alkyl carbamates (subject to hydrolysis) is 1. The second-order valence-electron chi connectivity index (χ2n) is 8.45. The van der Waals surface area contributed by atoms with E-state index in [0.29, 0.717) is 0 Å². The molecular weight excluding hydrogens is 424 g/mol. The van der Waals surface area contributed by atoms with Gasteiger partial charge in [0.15, 0.2) is 0 Å². The molecule has 0 bridgehead atoms. The summed E-state index contributed by atoms with van der Waals surface area (Å²) in [4.78, 5) is 15.2. The van der Waals surface area contributed by atoms with E-state index in [1.807, 2.05) is 60.7 Å². The molecule has 9 heteroatoms. The van der Waals surface area contributed by atoms with Crippen molar-refractivity contribution in [1.82, 2.24) is 5.32 Å². The maximum atomic E-state index is 12.4. The summed E-state index contributed by atoms with van der Waals surface area (Å²) in [6.45, 7) is 5.21. The molecule has 2 aromatic rings. The summed E-state index contributed by atoms with van der Waals surface area (Å²) in [6.07, 6.45) is -2.26. The highest BCUT2D eigenvalue weighted by Crippen LogP contribution is 2.17. The van der Waals surface area contributed by atoms with Crippen molar-refractivity contribution in [2.24, 2.45) is 5.11 Å². The Labute approximate surface area is 194 Å². The van der Waals surface area contributed by atoms with Crippen molar-refractivity contribution in [1.29, 1.82) is 0 Å². The standard InChI is InChI=1S/C24H32N4O5/c1-24(2,3)33-23(30)27-20(15-29)22(32-17-19-12-8-5-9-13-19)21(14-26-28-25)31-16-18-10-6-4-7-11-18/h4-13,20-22,29H,14-17H2,1-3H3,(H,27,30)/t20-,21-,22-/m0/s1. The number of nitrogens with one attached hydrogen (secondary N) is 1. The largest absolute Gasteiger partial charge is 0.444 e. The third-order valence-corrected chi connectivity index (χ3v) is 4.58. The van der Waals surface area contributed by atoms with Gasteiger partial charge in [-0.3, -0.25) is 0 Å². The molecule has 2 rings (SSSR count). The number of carbonyl (C=O) groups is 1. The van der Waals surface area contributed by atoms with Gasteiger partial charge in [0.05, 0.1) is 38.5 Å². The van der Waals surface area contributed by atoms with Crippen LogP contribution in [0.25, 0.3) is 10.4 Å². The van der Waals surface area contributed by atoms with Crippen LogP contribution >= 0.6 is 0 Å². The number of rotatable bonds is 12. The van der Waals surface area contributed by atoms with Crippen LogP contribution in [0, 0.1) is 0 Å². The highest BCUT2D eigenvalue weighted by molar-refractivity contribution is 5.68. The van der Waals surface area contributed by atoms with Gasteiger partial charge in [-0.1, -0.05) is 65.8 Å². The van der Waals surface area contributed by atoms with Gasteiger partial charge in [0.1, 0.15) is 11.7 Å². The number of ether oxygens (including phenoxy) is 3. The first kappa shape index (κ1) is 26.2. The van der Waals surface area contributed by atoms with Crippen LogP contribution in [0.1, 0.15) is 31.9 Å². The number of aliphatic hydroxyl groups excluding tert-OH is 1.